The molecule has 0 radical (unpaired) electrons. The standard InChI is InChI=1S/C19H28O8S/c1-11(2)16(21)25-10-14(20)24-7-8-26-19(6)17(4)9-13-15(12(17)3)18(19,5)27-28(13,22)23/h12-13,15H,1,7-10H2,2-6H3. The summed E-state index contributed by atoms with van der Waals surface area (Å²) in [6.45, 7) is 12.2. The van der Waals surface area contributed by atoms with Crippen molar-refractivity contribution in [1.29, 1.82) is 0 Å². The van der Waals surface area contributed by atoms with E-state index in [-0.39, 0.29) is 36.0 Å². The van der Waals surface area contributed by atoms with Crippen LogP contribution in [-0.4, -0.2) is 56.6 Å². The molecule has 1 saturated heterocycles. The Labute approximate surface area is 165 Å². The van der Waals surface area contributed by atoms with Gasteiger partial charge in [-0.05, 0) is 33.1 Å². The van der Waals surface area contributed by atoms with Crippen LogP contribution in [0.3, 0.4) is 0 Å². The lowest BCUT2D eigenvalue weighted by Gasteiger charge is -2.49. The first-order chi connectivity index (χ1) is 12.8. The van der Waals surface area contributed by atoms with E-state index in [1.807, 2.05) is 13.8 Å². The molecule has 0 spiro atoms. The predicted molar refractivity (Wildman–Crippen MR) is 98.7 cm³/mol. The predicted octanol–water partition coefficient (Wildman–Crippen LogP) is 1.59. The number of rotatable bonds is 7. The van der Waals surface area contributed by atoms with E-state index in [2.05, 4.69) is 13.5 Å². The van der Waals surface area contributed by atoms with Crippen LogP contribution in [0.15, 0.2) is 12.2 Å². The van der Waals surface area contributed by atoms with Crippen molar-refractivity contribution in [1.82, 2.24) is 0 Å². The zero-order valence-electron chi connectivity index (χ0n) is 16.9. The lowest BCUT2D eigenvalue weighted by molar-refractivity contribution is -0.199. The van der Waals surface area contributed by atoms with Crippen molar-refractivity contribution >= 4 is 22.1 Å². The third-order valence-electron chi connectivity index (χ3n) is 7.31. The summed E-state index contributed by atoms with van der Waals surface area (Å²) >= 11 is 0. The van der Waals surface area contributed by atoms with Gasteiger partial charge in [0.1, 0.15) is 17.8 Å². The van der Waals surface area contributed by atoms with E-state index in [0.717, 1.165) is 0 Å². The van der Waals surface area contributed by atoms with E-state index in [1.54, 1.807) is 6.92 Å². The van der Waals surface area contributed by atoms with Gasteiger partial charge in [0.15, 0.2) is 6.61 Å². The first-order valence-corrected chi connectivity index (χ1v) is 10.8. The van der Waals surface area contributed by atoms with Gasteiger partial charge < -0.3 is 14.2 Å². The zero-order valence-corrected chi connectivity index (χ0v) is 17.8. The zero-order chi connectivity index (χ0) is 21.1. The molecule has 3 rings (SSSR count). The van der Waals surface area contributed by atoms with E-state index < -0.39 is 45.1 Å². The van der Waals surface area contributed by atoms with Crippen LogP contribution in [0.25, 0.3) is 0 Å². The van der Waals surface area contributed by atoms with Crippen molar-refractivity contribution in [3.05, 3.63) is 12.2 Å². The van der Waals surface area contributed by atoms with Crippen LogP contribution in [0.2, 0.25) is 0 Å². The van der Waals surface area contributed by atoms with Gasteiger partial charge in [-0.25, -0.2) is 9.59 Å². The molecule has 6 atom stereocenters. The maximum Gasteiger partial charge on any atom is 0.344 e. The first kappa shape index (κ1) is 21.3. The molecule has 0 N–H and O–H groups in total. The Bertz CT molecular complexity index is 820. The van der Waals surface area contributed by atoms with Gasteiger partial charge in [0.2, 0.25) is 0 Å². The molecule has 0 aromatic rings. The summed E-state index contributed by atoms with van der Waals surface area (Å²) < 4.78 is 46.4. The van der Waals surface area contributed by atoms with Crippen LogP contribution in [0, 0.1) is 17.3 Å². The molecular formula is C19H28O8S. The molecule has 3 aliphatic rings. The van der Waals surface area contributed by atoms with Crippen LogP contribution in [0.1, 0.15) is 41.0 Å². The van der Waals surface area contributed by atoms with E-state index in [1.165, 1.54) is 6.92 Å². The third kappa shape index (κ3) is 2.74. The fourth-order valence-corrected chi connectivity index (χ4v) is 7.79. The molecule has 158 valence electrons. The summed E-state index contributed by atoms with van der Waals surface area (Å²) in [4.78, 5) is 23.0. The van der Waals surface area contributed by atoms with Crippen molar-refractivity contribution in [3.63, 3.8) is 0 Å². The van der Waals surface area contributed by atoms with Gasteiger partial charge in [0.25, 0.3) is 10.1 Å². The van der Waals surface area contributed by atoms with Crippen molar-refractivity contribution in [2.75, 3.05) is 19.8 Å². The summed E-state index contributed by atoms with van der Waals surface area (Å²) in [6.07, 6.45) is 0.490. The molecule has 0 aromatic carbocycles. The Morgan fingerprint density at radius 3 is 2.43 bits per heavy atom. The highest BCUT2D eigenvalue weighted by Gasteiger charge is 2.83. The topological polar surface area (TPSA) is 105 Å². The molecule has 2 bridgehead atoms. The number of ether oxygens (including phenoxy) is 3. The van der Waals surface area contributed by atoms with Crippen molar-refractivity contribution < 1.29 is 36.4 Å². The Hall–Kier alpha value is -1.45. The third-order valence-corrected chi connectivity index (χ3v) is 9.09. The van der Waals surface area contributed by atoms with Gasteiger partial charge in [0, 0.05) is 16.9 Å². The number of fused-ring (bicyclic) bond motifs is 1. The average Bonchev–Trinajstić information content (AvgIpc) is 3.02. The van der Waals surface area contributed by atoms with Gasteiger partial charge >= 0.3 is 11.9 Å². The highest BCUT2D eigenvalue weighted by molar-refractivity contribution is 7.87. The van der Waals surface area contributed by atoms with Crippen LogP contribution < -0.4 is 0 Å². The van der Waals surface area contributed by atoms with Crippen LogP contribution >= 0.6 is 0 Å². The Morgan fingerprint density at radius 1 is 1.18 bits per heavy atom. The van der Waals surface area contributed by atoms with Gasteiger partial charge in [-0.2, -0.15) is 8.42 Å². The summed E-state index contributed by atoms with van der Waals surface area (Å²) in [5.41, 5.74) is -1.98. The number of hydrogen-bond donors (Lipinski definition) is 0. The van der Waals surface area contributed by atoms with E-state index >= 15 is 0 Å². The van der Waals surface area contributed by atoms with Crippen LogP contribution in [0.4, 0.5) is 0 Å². The lowest BCUT2D eigenvalue weighted by Crippen LogP contribution is -2.60. The molecule has 3 fully saturated rings. The second-order valence-electron chi connectivity index (χ2n) is 8.62. The Balaban J connectivity index is 1.60. The highest BCUT2D eigenvalue weighted by atomic mass is 32.2. The van der Waals surface area contributed by atoms with E-state index in [4.69, 9.17) is 18.4 Å². The molecule has 2 saturated carbocycles. The number of carbonyl (C=O) groups excluding carboxylic acids is 2. The van der Waals surface area contributed by atoms with Gasteiger partial charge in [-0.3, -0.25) is 4.18 Å². The first-order valence-electron chi connectivity index (χ1n) is 9.37. The number of hydrogen-bond acceptors (Lipinski definition) is 8. The van der Waals surface area contributed by atoms with Crippen molar-refractivity contribution in [3.8, 4) is 0 Å². The summed E-state index contributed by atoms with van der Waals surface area (Å²) in [7, 11) is -3.62. The summed E-state index contributed by atoms with van der Waals surface area (Å²) in [6, 6.07) is 0. The van der Waals surface area contributed by atoms with Gasteiger partial charge in [0.05, 0.1) is 11.9 Å². The molecule has 8 nitrogen and oxygen atoms in total. The van der Waals surface area contributed by atoms with Crippen molar-refractivity contribution in [2.45, 2.75) is 57.5 Å². The molecule has 1 heterocycles. The second-order valence-corrected chi connectivity index (χ2v) is 10.4. The Kier molecular flexibility index (Phi) is 4.96. The minimum absolute atomic E-state index is 0.0412. The SMILES string of the molecule is C=C(C)C(=O)OCC(=O)OCCOC1(C)C2(C)CC3C(C2C)C1(C)OS3(=O)=O. The normalized spacial score (nSPS) is 42.4. The fourth-order valence-electron chi connectivity index (χ4n) is 5.51. The quantitative estimate of drug-likeness (QED) is 0.267. The van der Waals surface area contributed by atoms with Crippen molar-refractivity contribution in [2.24, 2.45) is 17.3 Å². The van der Waals surface area contributed by atoms with Crippen LogP contribution in [-0.2, 0) is 38.1 Å². The largest absolute Gasteiger partial charge is 0.461 e. The highest BCUT2D eigenvalue weighted by Crippen LogP contribution is 2.74. The summed E-state index contributed by atoms with van der Waals surface area (Å²) in [5, 5.41) is -0.491. The minimum Gasteiger partial charge on any atom is -0.461 e. The van der Waals surface area contributed by atoms with E-state index in [0.29, 0.717) is 6.42 Å². The number of carbonyl (C=O) groups is 2. The molecule has 1 aliphatic heterocycles. The van der Waals surface area contributed by atoms with Crippen LogP contribution in [0.5, 0.6) is 0 Å². The number of esters is 2. The lowest BCUT2D eigenvalue weighted by atomic mass is 9.66. The molecule has 2 aliphatic carbocycles. The molecular weight excluding hydrogens is 388 g/mol. The average molecular weight is 416 g/mol. The smallest absolute Gasteiger partial charge is 0.344 e. The molecule has 28 heavy (non-hydrogen) atoms. The van der Waals surface area contributed by atoms with E-state index in [9.17, 15) is 18.0 Å². The second kappa shape index (κ2) is 6.53. The molecule has 6 unspecified atom stereocenters. The fraction of sp³-hybridized carbons (Fsp3) is 0.789. The molecule has 0 aromatic heterocycles. The molecule has 9 heteroatoms. The maximum absolute atomic E-state index is 12.5. The monoisotopic (exact) mass is 416 g/mol. The minimum atomic E-state index is -3.62. The van der Waals surface area contributed by atoms with Gasteiger partial charge in [-0.15, -0.1) is 0 Å². The maximum atomic E-state index is 12.5. The Morgan fingerprint density at radius 2 is 1.82 bits per heavy atom. The van der Waals surface area contributed by atoms with Gasteiger partial charge in [-0.1, -0.05) is 20.4 Å². The summed E-state index contributed by atoms with van der Waals surface area (Å²) in [5.74, 6) is -1.36. The molecule has 0 amide bonds.